The number of fused-ring (bicyclic) bond motifs is 1. The van der Waals surface area contributed by atoms with E-state index in [1.165, 1.54) is 13.5 Å². The van der Waals surface area contributed by atoms with Crippen LogP contribution < -0.4 is 4.90 Å². The molecule has 5 heteroatoms. The first-order valence-electron chi connectivity index (χ1n) is 9.56. The lowest BCUT2D eigenvalue weighted by atomic mass is 10.1. The zero-order valence-electron chi connectivity index (χ0n) is 15.6. The molecule has 0 atom stereocenters. The molecule has 1 saturated heterocycles. The first-order chi connectivity index (χ1) is 13.2. The number of piperidine rings is 1. The van der Waals surface area contributed by atoms with E-state index in [0.717, 1.165) is 61.4 Å². The molecule has 0 unspecified atom stereocenters. The molecule has 1 fully saturated rings. The number of carbonyl (C=O) groups is 2. The molecule has 2 aliphatic rings. The molecular formula is C22H24N2O3. The van der Waals surface area contributed by atoms with Crippen molar-refractivity contribution in [2.45, 2.75) is 25.7 Å². The minimum Gasteiger partial charge on any atom is -0.465 e. The van der Waals surface area contributed by atoms with Gasteiger partial charge in [-0.1, -0.05) is 12.1 Å². The van der Waals surface area contributed by atoms with Crippen molar-refractivity contribution >= 4 is 23.3 Å². The van der Waals surface area contributed by atoms with Crippen LogP contribution in [0.5, 0.6) is 0 Å². The molecule has 2 aliphatic heterocycles. The van der Waals surface area contributed by atoms with E-state index in [-0.39, 0.29) is 11.9 Å². The van der Waals surface area contributed by atoms with Gasteiger partial charge in [-0.05, 0) is 61.6 Å². The molecule has 1 amide bonds. The lowest BCUT2D eigenvalue weighted by molar-refractivity contribution is 0.0601. The van der Waals surface area contributed by atoms with Gasteiger partial charge in [0.25, 0.3) is 5.91 Å². The summed E-state index contributed by atoms with van der Waals surface area (Å²) in [6.07, 6.45) is 4.25. The van der Waals surface area contributed by atoms with Gasteiger partial charge in [-0.15, -0.1) is 0 Å². The fourth-order valence-electron chi connectivity index (χ4n) is 4.06. The number of likely N-dealkylation sites (tertiary alicyclic amines) is 1. The van der Waals surface area contributed by atoms with Crippen LogP contribution in [0.15, 0.2) is 42.5 Å². The standard InChI is InChI=1S/C22H24N2O3/c1-27-22(26)18-7-3-4-8-20(18)24-14-11-16-15-17(9-10-19(16)24)21(25)23-12-5-2-6-13-23/h3-4,7-10,15H,2,5-6,11-14H2,1H3. The molecule has 0 aliphatic carbocycles. The van der Waals surface area contributed by atoms with E-state index < -0.39 is 0 Å². The highest BCUT2D eigenvalue weighted by Crippen LogP contribution is 2.37. The quantitative estimate of drug-likeness (QED) is 0.778. The highest BCUT2D eigenvalue weighted by molar-refractivity contribution is 5.98. The summed E-state index contributed by atoms with van der Waals surface area (Å²) >= 11 is 0. The molecule has 0 bridgehead atoms. The van der Waals surface area contributed by atoms with Crippen molar-refractivity contribution in [3.05, 3.63) is 59.2 Å². The maximum absolute atomic E-state index is 12.8. The number of nitrogens with zero attached hydrogens (tertiary/aromatic N) is 2. The molecule has 2 heterocycles. The third-order valence-electron chi connectivity index (χ3n) is 5.47. The molecule has 2 aromatic rings. The maximum Gasteiger partial charge on any atom is 0.339 e. The topological polar surface area (TPSA) is 49.9 Å². The van der Waals surface area contributed by atoms with Crippen molar-refractivity contribution in [3.63, 3.8) is 0 Å². The summed E-state index contributed by atoms with van der Waals surface area (Å²) in [5.41, 5.74) is 4.37. The molecule has 140 valence electrons. The Labute approximate surface area is 159 Å². The number of amides is 1. The lowest BCUT2D eigenvalue weighted by Gasteiger charge is -2.27. The van der Waals surface area contributed by atoms with Crippen LogP contribution in [0.4, 0.5) is 11.4 Å². The van der Waals surface area contributed by atoms with Crippen LogP contribution in [0, 0.1) is 0 Å². The summed E-state index contributed by atoms with van der Waals surface area (Å²) in [6, 6.07) is 13.4. The van der Waals surface area contributed by atoms with Crippen molar-refractivity contribution in [1.29, 1.82) is 0 Å². The van der Waals surface area contributed by atoms with Gasteiger partial charge in [0, 0.05) is 30.9 Å². The van der Waals surface area contributed by atoms with E-state index >= 15 is 0 Å². The van der Waals surface area contributed by atoms with E-state index in [1.54, 1.807) is 6.07 Å². The van der Waals surface area contributed by atoms with E-state index in [2.05, 4.69) is 4.90 Å². The summed E-state index contributed by atoms with van der Waals surface area (Å²) in [5.74, 6) is -0.207. The number of carbonyl (C=O) groups excluding carboxylic acids is 2. The van der Waals surface area contributed by atoms with Gasteiger partial charge < -0.3 is 14.5 Å². The number of methoxy groups -OCH3 is 1. The smallest absolute Gasteiger partial charge is 0.339 e. The lowest BCUT2D eigenvalue weighted by Crippen LogP contribution is -2.35. The van der Waals surface area contributed by atoms with Crippen LogP contribution in [-0.2, 0) is 11.2 Å². The van der Waals surface area contributed by atoms with Crippen LogP contribution in [0.25, 0.3) is 0 Å². The molecule has 0 aromatic heterocycles. The summed E-state index contributed by atoms with van der Waals surface area (Å²) < 4.78 is 4.93. The van der Waals surface area contributed by atoms with Gasteiger partial charge in [-0.2, -0.15) is 0 Å². The van der Waals surface area contributed by atoms with Crippen molar-refractivity contribution in [1.82, 2.24) is 4.90 Å². The Morgan fingerprint density at radius 3 is 2.48 bits per heavy atom. The minimum absolute atomic E-state index is 0.130. The molecule has 4 rings (SSSR count). The number of rotatable bonds is 3. The first kappa shape index (κ1) is 17.6. The van der Waals surface area contributed by atoms with Gasteiger partial charge >= 0.3 is 5.97 Å². The van der Waals surface area contributed by atoms with Crippen LogP contribution >= 0.6 is 0 Å². The zero-order chi connectivity index (χ0) is 18.8. The Hall–Kier alpha value is -2.82. The van der Waals surface area contributed by atoms with Gasteiger partial charge in [0.05, 0.1) is 18.4 Å². The van der Waals surface area contributed by atoms with E-state index in [0.29, 0.717) is 5.56 Å². The Bertz CT molecular complexity index is 872. The number of hydrogen-bond donors (Lipinski definition) is 0. The molecule has 27 heavy (non-hydrogen) atoms. The number of ether oxygens (including phenoxy) is 1. The number of para-hydroxylation sites is 1. The molecule has 0 spiro atoms. The van der Waals surface area contributed by atoms with Gasteiger partial charge in [-0.25, -0.2) is 4.79 Å². The van der Waals surface area contributed by atoms with Gasteiger partial charge in [-0.3, -0.25) is 4.79 Å². The third-order valence-corrected chi connectivity index (χ3v) is 5.47. The summed E-state index contributed by atoms with van der Waals surface area (Å²) in [7, 11) is 1.40. The van der Waals surface area contributed by atoms with Crippen LogP contribution in [-0.4, -0.2) is 43.5 Å². The second-order valence-corrected chi connectivity index (χ2v) is 7.11. The maximum atomic E-state index is 12.8. The second-order valence-electron chi connectivity index (χ2n) is 7.11. The summed E-state index contributed by atoms with van der Waals surface area (Å²) in [6.45, 7) is 2.49. The van der Waals surface area contributed by atoms with Crippen molar-refractivity contribution < 1.29 is 14.3 Å². The van der Waals surface area contributed by atoms with Crippen molar-refractivity contribution in [3.8, 4) is 0 Å². The van der Waals surface area contributed by atoms with E-state index in [4.69, 9.17) is 4.74 Å². The predicted octanol–water partition coefficient (Wildman–Crippen LogP) is 3.79. The first-order valence-corrected chi connectivity index (χ1v) is 9.56. The van der Waals surface area contributed by atoms with Crippen molar-refractivity contribution in [2.75, 3.05) is 31.6 Å². The Balaban J connectivity index is 1.62. The van der Waals surface area contributed by atoms with Crippen LogP contribution in [0.3, 0.4) is 0 Å². The summed E-state index contributed by atoms with van der Waals surface area (Å²) in [5, 5.41) is 0. The van der Waals surface area contributed by atoms with Gasteiger partial charge in [0.1, 0.15) is 0 Å². The van der Waals surface area contributed by atoms with Crippen molar-refractivity contribution in [2.24, 2.45) is 0 Å². The highest BCUT2D eigenvalue weighted by atomic mass is 16.5. The third kappa shape index (κ3) is 3.29. The number of benzene rings is 2. The highest BCUT2D eigenvalue weighted by Gasteiger charge is 2.26. The van der Waals surface area contributed by atoms with Gasteiger partial charge in [0.2, 0.25) is 0 Å². The molecule has 0 saturated carbocycles. The Morgan fingerprint density at radius 2 is 1.70 bits per heavy atom. The van der Waals surface area contributed by atoms with Crippen LogP contribution in [0.2, 0.25) is 0 Å². The van der Waals surface area contributed by atoms with Crippen LogP contribution in [0.1, 0.15) is 45.5 Å². The van der Waals surface area contributed by atoms with E-state index in [9.17, 15) is 9.59 Å². The Kier molecular flexibility index (Phi) is 4.84. The number of anilines is 2. The SMILES string of the molecule is COC(=O)c1ccccc1N1CCc2cc(C(=O)N3CCCCC3)ccc21. The zero-order valence-corrected chi connectivity index (χ0v) is 15.6. The average molecular weight is 364 g/mol. The van der Waals surface area contributed by atoms with E-state index in [1.807, 2.05) is 41.3 Å². The fourth-order valence-corrected chi connectivity index (χ4v) is 4.06. The molecule has 0 radical (unpaired) electrons. The monoisotopic (exact) mass is 364 g/mol. The number of hydrogen-bond acceptors (Lipinski definition) is 4. The van der Waals surface area contributed by atoms with Gasteiger partial charge in [0.15, 0.2) is 0 Å². The molecular weight excluding hydrogens is 340 g/mol. The molecule has 0 N–H and O–H groups in total. The summed E-state index contributed by atoms with van der Waals surface area (Å²) in [4.78, 5) is 29.0. The molecule has 2 aromatic carbocycles. The largest absolute Gasteiger partial charge is 0.465 e. The predicted molar refractivity (Wildman–Crippen MR) is 105 cm³/mol. The fraction of sp³-hybridized carbons (Fsp3) is 0.364. The normalized spacial score (nSPS) is 16.2. The average Bonchev–Trinajstić information content (AvgIpc) is 3.16. The Morgan fingerprint density at radius 1 is 0.926 bits per heavy atom. The minimum atomic E-state index is -0.337. The number of esters is 1. The molecule has 5 nitrogen and oxygen atoms in total. The second kappa shape index (κ2) is 7.43.